The molecule has 1 aliphatic heterocycles. The Morgan fingerprint density at radius 2 is 2.00 bits per heavy atom. The van der Waals surface area contributed by atoms with Gasteiger partial charge in [0.1, 0.15) is 24.6 Å². The fraction of sp³-hybridized carbons (Fsp3) is 0.889. The van der Waals surface area contributed by atoms with E-state index in [2.05, 4.69) is 0 Å². The highest BCUT2D eigenvalue weighted by Crippen LogP contribution is 2.27. The zero-order valence-electron chi connectivity index (χ0n) is 8.04. The summed E-state index contributed by atoms with van der Waals surface area (Å²) in [5.41, 5.74) is 0. The molecule has 0 bridgehead atoms. The second kappa shape index (κ2) is 4.84. The zero-order valence-corrected chi connectivity index (χ0v) is 8.04. The molecular formula is C9H16O5. The SMILES string of the molecule is CC[C@@H]1C(C=O)O[C@@H](CO)C(O)C1O. The van der Waals surface area contributed by atoms with E-state index in [0.717, 1.165) is 0 Å². The van der Waals surface area contributed by atoms with E-state index in [1.165, 1.54) is 0 Å². The lowest BCUT2D eigenvalue weighted by Gasteiger charge is -2.40. The molecule has 1 heterocycles. The molecule has 14 heavy (non-hydrogen) atoms. The van der Waals surface area contributed by atoms with Gasteiger partial charge in [0.15, 0.2) is 0 Å². The second-order valence-corrected chi connectivity index (χ2v) is 3.51. The summed E-state index contributed by atoms with van der Waals surface area (Å²) < 4.78 is 5.14. The molecule has 0 amide bonds. The Labute approximate surface area is 82.3 Å². The van der Waals surface area contributed by atoms with Crippen molar-refractivity contribution in [3.63, 3.8) is 0 Å². The highest BCUT2D eigenvalue weighted by molar-refractivity contribution is 5.57. The quantitative estimate of drug-likeness (QED) is 0.497. The van der Waals surface area contributed by atoms with Crippen LogP contribution in [0.15, 0.2) is 0 Å². The Morgan fingerprint density at radius 3 is 2.43 bits per heavy atom. The van der Waals surface area contributed by atoms with Gasteiger partial charge >= 0.3 is 0 Å². The van der Waals surface area contributed by atoms with Crippen molar-refractivity contribution in [1.82, 2.24) is 0 Å². The maximum absolute atomic E-state index is 10.6. The summed E-state index contributed by atoms with van der Waals surface area (Å²) in [4.78, 5) is 10.6. The smallest absolute Gasteiger partial charge is 0.149 e. The van der Waals surface area contributed by atoms with Crippen LogP contribution in [0.3, 0.4) is 0 Å². The van der Waals surface area contributed by atoms with Crippen LogP contribution in [0.5, 0.6) is 0 Å². The van der Waals surface area contributed by atoms with Crippen LogP contribution in [-0.4, -0.2) is 52.6 Å². The first kappa shape index (κ1) is 11.6. The molecule has 1 aliphatic rings. The van der Waals surface area contributed by atoms with Gasteiger partial charge in [-0.1, -0.05) is 6.92 Å². The fourth-order valence-electron chi connectivity index (χ4n) is 1.81. The summed E-state index contributed by atoms with van der Waals surface area (Å²) in [6.45, 7) is 1.40. The number of ether oxygens (including phenoxy) is 1. The summed E-state index contributed by atoms with van der Waals surface area (Å²) in [7, 11) is 0. The largest absolute Gasteiger partial charge is 0.394 e. The molecular weight excluding hydrogens is 188 g/mol. The van der Waals surface area contributed by atoms with Crippen LogP contribution in [-0.2, 0) is 9.53 Å². The molecule has 0 spiro atoms. The lowest BCUT2D eigenvalue weighted by molar-refractivity contribution is -0.203. The predicted molar refractivity (Wildman–Crippen MR) is 47.6 cm³/mol. The second-order valence-electron chi connectivity index (χ2n) is 3.51. The van der Waals surface area contributed by atoms with Gasteiger partial charge in [0.05, 0.1) is 12.7 Å². The molecule has 0 aromatic heterocycles. The highest BCUT2D eigenvalue weighted by Gasteiger charge is 2.42. The standard InChI is InChI=1S/C9H16O5/c1-2-5-6(3-10)14-7(4-11)9(13)8(5)12/h3,5-9,11-13H,2,4H2,1H3/t5-,6?,7+,8?,9?/m1/s1. The number of hydrogen-bond donors (Lipinski definition) is 3. The minimum atomic E-state index is -1.12. The summed E-state index contributed by atoms with van der Waals surface area (Å²) >= 11 is 0. The van der Waals surface area contributed by atoms with Crippen molar-refractivity contribution in [2.24, 2.45) is 5.92 Å². The Morgan fingerprint density at radius 1 is 1.36 bits per heavy atom. The molecule has 1 rings (SSSR count). The van der Waals surface area contributed by atoms with Gasteiger partial charge in [0, 0.05) is 5.92 Å². The number of hydrogen-bond acceptors (Lipinski definition) is 5. The normalized spacial score (nSPS) is 43.6. The minimum absolute atomic E-state index is 0.398. The van der Waals surface area contributed by atoms with E-state index >= 15 is 0 Å². The van der Waals surface area contributed by atoms with Crippen LogP contribution < -0.4 is 0 Å². The number of carbonyl (C=O) groups is 1. The van der Waals surface area contributed by atoms with Gasteiger partial charge in [-0.15, -0.1) is 0 Å². The molecule has 0 saturated carbocycles. The highest BCUT2D eigenvalue weighted by atomic mass is 16.5. The van der Waals surface area contributed by atoms with E-state index in [1.54, 1.807) is 6.92 Å². The van der Waals surface area contributed by atoms with E-state index in [0.29, 0.717) is 12.7 Å². The predicted octanol–water partition coefficient (Wildman–Crippen LogP) is -1.31. The lowest BCUT2D eigenvalue weighted by atomic mass is 9.85. The molecule has 82 valence electrons. The van der Waals surface area contributed by atoms with Crippen molar-refractivity contribution in [3.05, 3.63) is 0 Å². The van der Waals surface area contributed by atoms with Crippen molar-refractivity contribution in [2.45, 2.75) is 37.8 Å². The summed E-state index contributed by atoms with van der Waals surface area (Å²) in [5, 5.41) is 28.0. The first-order valence-electron chi connectivity index (χ1n) is 4.73. The van der Waals surface area contributed by atoms with Crippen molar-refractivity contribution in [1.29, 1.82) is 0 Å². The topological polar surface area (TPSA) is 87.0 Å². The monoisotopic (exact) mass is 204 g/mol. The average Bonchev–Trinajstić information content (AvgIpc) is 2.21. The van der Waals surface area contributed by atoms with Gasteiger partial charge in [-0.2, -0.15) is 0 Å². The van der Waals surface area contributed by atoms with Crippen LogP contribution in [0, 0.1) is 5.92 Å². The van der Waals surface area contributed by atoms with Gasteiger partial charge in [-0.25, -0.2) is 0 Å². The third kappa shape index (κ3) is 1.95. The van der Waals surface area contributed by atoms with Crippen LogP contribution in [0.2, 0.25) is 0 Å². The van der Waals surface area contributed by atoms with E-state index < -0.39 is 36.9 Å². The number of rotatable bonds is 3. The Kier molecular flexibility index (Phi) is 4.00. The van der Waals surface area contributed by atoms with Crippen LogP contribution >= 0.6 is 0 Å². The van der Waals surface area contributed by atoms with Crippen LogP contribution in [0.25, 0.3) is 0 Å². The van der Waals surface area contributed by atoms with Crippen molar-refractivity contribution in [3.8, 4) is 0 Å². The Balaban J connectivity index is 2.76. The van der Waals surface area contributed by atoms with Crippen LogP contribution in [0.1, 0.15) is 13.3 Å². The molecule has 0 radical (unpaired) electrons. The first-order valence-corrected chi connectivity index (χ1v) is 4.73. The Bertz CT molecular complexity index is 196. The zero-order chi connectivity index (χ0) is 10.7. The average molecular weight is 204 g/mol. The van der Waals surface area contributed by atoms with Crippen molar-refractivity contribution in [2.75, 3.05) is 6.61 Å². The molecule has 5 atom stereocenters. The molecule has 1 fully saturated rings. The van der Waals surface area contributed by atoms with Gasteiger partial charge in [-0.3, -0.25) is 0 Å². The maximum atomic E-state index is 10.6. The Hall–Kier alpha value is -0.490. The molecule has 0 aromatic rings. The summed E-state index contributed by atoms with van der Waals surface area (Å²) in [6.07, 6.45) is -2.60. The van der Waals surface area contributed by atoms with E-state index in [1.807, 2.05) is 0 Å². The number of aliphatic hydroxyl groups is 3. The molecule has 1 saturated heterocycles. The van der Waals surface area contributed by atoms with Crippen molar-refractivity contribution < 1.29 is 24.9 Å². The van der Waals surface area contributed by atoms with E-state index in [-0.39, 0.29) is 0 Å². The minimum Gasteiger partial charge on any atom is -0.394 e. The third-order valence-electron chi connectivity index (χ3n) is 2.71. The molecule has 0 aliphatic carbocycles. The molecule has 5 nitrogen and oxygen atoms in total. The number of aliphatic hydroxyl groups excluding tert-OH is 3. The lowest BCUT2D eigenvalue weighted by Crippen LogP contribution is -2.55. The van der Waals surface area contributed by atoms with E-state index in [9.17, 15) is 15.0 Å². The first-order chi connectivity index (χ1) is 6.65. The van der Waals surface area contributed by atoms with Gasteiger partial charge in [0.2, 0.25) is 0 Å². The summed E-state index contributed by atoms with van der Waals surface area (Å²) in [6, 6.07) is 0. The summed E-state index contributed by atoms with van der Waals surface area (Å²) in [5.74, 6) is -0.398. The number of aldehydes is 1. The molecule has 0 aromatic carbocycles. The van der Waals surface area contributed by atoms with Gasteiger partial charge in [0.25, 0.3) is 0 Å². The number of carbonyl (C=O) groups excluding carboxylic acids is 1. The van der Waals surface area contributed by atoms with Crippen LogP contribution in [0.4, 0.5) is 0 Å². The van der Waals surface area contributed by atoms with Gasteiger partial charge < -0.3 is 24.9 Å². The molecule has 3 N–H and O–H groups in total. The van der Waals surface area contributed by atoms with Crippen molar-refractivity contribution >= 4 is 6.29 Å². The maximum Gasteiger partial charge on any atom is 0.149 e. The molecule has 3 unspecified atom stereocenters. The molecule has 5 heteroatoms. The van der Waals surface area contributed by atoms with Gasteiger partial charge in [-0.05, 0) is 6.42 Å². The third-order valence-corrected chi connectivity index (χ3v) is 2.71. The fourth-order valence-corrected chi connectivity index (χ4v) is 1.81. The van der Waals surface area contributed by atoms with E-state index in [4.69, 9.17) is 9.84 Å².